The molecule has 134 valence electrons. The van der Waals surface area contributed by atoms with E-state index in [2.05, 4.69) is 5.32 Å². The van der Waals surface area contributed by atoms with Crippen LogP contribution in [0.3, 0.4) is 0 Å². The van der Waals surface area contributed by atoms with Gasteiger partial charge in [0.25, 0.3) is 5.91 Å². The lowest BCUT2D eigenvalue weighted by Gasteiger charge is -2.24. The van der Waals surface area contributed by atoms with E-state index in [1.54, 1.807) is 43.3 Å². The topological polar surface area (TPSA) is 86.7 Å². The van der Waals surface area contributed by atoms with Gasteiger partial charge >= 0.3 is 5.97 Å². The van der Waals surface area contributed by atoms with Crippen molar-refractivity contribution in [2.45, 2.75) is 25.4 Å². The molecular weight excluding hydrogens is 364 g/mol. The highest BCUT2D eigenvalue weighted by Crippen LogP contribution is 2.24. The maximum atomic E-state index is 12.6. The minimum Gasteiger partial charge on any atom is -0.480 e. The summed E-state index contributed by atoms with van der Waals surface area (Å²) < 4.78 is 0. The molecule has 0 bridgehead atoms. The first-order chi connectivity index (χ1) is 11.9. The van der Waals surface area contributed by atoms with Crippen molar-refractivity contribution in [2.75, 3.05) is 11.6 Å². The Morgan fingerprint density at radius 3 is 2.68 bits per heavy atom. The summed E-state index contributed by atoms with van der Waals surface area (Å²) >= 11 is 7.28. The molecule has 2 rings (SSSR count). The van der Waals surface area contributed by atoms with E-state index in [0.29, 0.717) is 22.2 Å². The molecule has 1 aromatic carbocycles. The Labute approximate surface area is 155 Å². The number of nitrogens with zero attached hydrogens (tertiary/aromatic N) is 1. The lowest BCUT2D eigenvalue weighted by Crippen LogP contribution is -2.51. The molecule has 2 unspecified atom stereocenters. The average Bonchev–Trinajstić information content (AvgIpc) is 3.08. The molecule has 0 aliphatic carbocycles. The molecular formula is C17H19ClN2O4S. The maximum Gasteiger partial charge on any atom is 0.326 e. The van der Waals surface area contributed by atoms with Crippen LogP contribution in [-0.2, 0) is 9.59 Å². The van der Waals surface area contributed by atoms with Crippen molar-refractivity contribution >= 4 is 41.1 Å². The van der Waals surface area contributed by atoms with Crippen LogP contribution in [0.5, 0.6) is 0 Å². The van der Waals surface area contributed by atoms with Crippen LogP contribution in [0.1, 0.15) is 23.7 Å². The monoisotopic (exact) mass is 382 g/mol. The predicted molar refractivity (Wildman–Crippen MR) is 97.7 cm³/mol. The Balaban J connectivity index is 2.08. The molecule has 0 aromatic heterocycles. The first-order valence-electron chi connectivity index (χ1n) is 7.72. The minimum atomic E-state index is -1.10. The number of hydrogen-bond donors (Lipinski definition) is 2. The number of hydrogen-bond acceptors (Lipinski definition) is 4. The zero-order valence-electron chi connectivity index (χ0n) is 13.6. The Morgan fingerprint density at radius 2 is 2.08 bits per heavy atom. The van der Waals surface area contributed by atoms with E-state index >= 15 is 0 Å². The van der Waals surface area contributed by atoms with Crippen LogP contribution in [0.4, 0.5) is 0 Å². The van der Waals surface area contributed by atoms with Crippen LogP contribution in [0.15, 0.2) is 36.4 Å². The van der Waals surface area contributed by atoms with Gasteiger partial charge in [-0.3, -0.25) is 9.59 Å². The number of amides is 2. The molecule has 1 heterocycles. The molecule has 1 aliphatic heterocycles. The highest BCUT2D eigenvalue weighted by molar-refractivity contribution is 7.99. The summed E-state index contributed by atoms with van der Waals surface area (Å²) in [5, 5.41) is 12.3. The van der Waals surface area contributed by atoms with Gasteiger partial charge in [0.1, 0.15) is 12.1 Å². The normalized spacial score (nSPS) is 18.3. The third-order valence-corrected chi connectivity index (χ3v) is 5.02. The number of nitrogens with one attached hydrogen (secondary N) is 1. The largest absolute Gasteiger partial charge is 0.480 e. The van der Waals surface area contributed by atoms with Crippen LogP contribution in [-0.4, -0.2) is 51.5 Å². The number of thioether (sulfide) groups is 1. The van der Waals surface area contributed by atoms with E-state index in [1.807, 2.05) is 0 Å². The molecule has 1 fully saturated rings. The fourth-order valence-electron chi connectivity index (χ4n) is 2.38. The molecule has 0 radical (unpaired) electrons. The summed E-state index contributed by atoms with van der Waals surface area (Å²) in [4.78, 5) is 37.9. The summed E-state index contributed by atoms with van der Waals surface area (Å²) in [6.45, 7) is 1.78. The first kappa shape index (κ1) is 19.3. The highest BCUT2D eigenvalue weighted by Gasteiger charge is 2.36. The van der Waals surface area contributed by atoms with Crippen molar-refractivity contribution in [3.63, 3.8) is 0 Å². The summed E-state index contributed by atoms with van der Waals surface area (Å²) in [7, 11) is 0. The van der Waals surface area contributed by atoms with Gasteiger partial charge in [0, 0.05) is 16.3 Å². The number of benzene rings is 1. The molecule has 6 nitrogen and oxygen atoms in total. The molecule has 2 amide bonds. The zero-order valence-corrected chi connectivity index (χ0v) is 15.2. The van der Waals surface area contributed by atoms with E-state index in [-0.39, 0.29) is 12.3 Å². The van der Waals surface area contributed by atoms with E-state index < -0.39 is 24.0 Å². The summed E-state index contributed by atoms with van der Waals surface area (Å²) in [6.07, 6.45) is 3.60. The Hall–Kier alpha value is -1.99. The number of carbonyl (C=O) groups excluding carboxylic acids is 2. The van der Waals surface area contributed by atoms with Gasteiger partial charge in [0.2, 0.25) is 5.91 Å². The first-order valence-corrected chi connectivity index (χ1v) is 9.26. The molecule has 25 heavy (non-hydrogen) atoms. The number of rotatable bonds is 6. The van der Waals surface area contributed by atoms with Gasteiger partial charge in [0.15, 0.2) is 0 Å². The van der Waals surface area contributed by atoms with Crippen LogP contribution in [0.2, 0.25) is 5.02 Å². The predicted octanol–water partition coefficient (Wildman–Crippen LogP) is 2.39. The van der Waals surface area contributed by atoms with Gasteiger partial charge in [0.05, 0.1) is 5.88 Å². The van der Waals surface area contributed by atoms with Crippen molar-refractivity contribution in [2.24, 2.45) is 0 Å². The third kappa shape index (κ3) is 4.99. The van der Waals surface area contributed by atoms with Crippen LogP contribution < -0.4 is 5.32 Å². The third-order valence-electron chi connectivity index (χ3n) is 3.76. The second-order valence-corrected chi connectivity index (χ2v) is 6.94. The molecule has 8 heteroatoms. The number of carbonyl (C=O) groups is 3. The number of aliphatic carboxylic acids is 1. The van der Waals surface area contributed by atoms with Crippen molar-refractivity contribution in [1.82, 2.24) is 10.2 Å². The van der Waals surface area contributed by atoms with Crippen molar-refractivity contribution < 1.29 is 19.5 Å². The SMILES string of the molecule is C/C=C/CC(NC(=O)C1CSCN1C(=O)c1ccc(Cl)cc1)C(=O)O. The minimum absolute atomic E-state index is 0.197. The van der Waals surface area contributed by atoms with E-state index in [0.717, 1.165) is 0 Å². The van der Waals surface area contributed by atoms with Gasteiger partial charge in [-0.2, -0.15) is 0 Å². The standard InChI is InChI=1S/C17H19ClN2O4S/c1-2-3-4-13(17(23)24)19-15(21)14-9-25-10-20(14)16(22)11-5-7-12(18)8-6-11/h2-3,5-8,13-14H,4,9-10H2,1H3,(H,19,21)(H,23,24)/b3-2+. The maximum absolute atomic E-state index is 12.6. The van der Waals surface area contributed by atoms with Crippen LogP contribution in [0, 0.1) is 0 Å². The fourth-order valence-corrected chi connectivity index (χ4v) is 3.66. The number of carboxylic acid groups (broad SMARTS) is 1. The lowest BCUT2D eigenvalue weighted by atomic mass is 10.1. The van der Waals surface area contributed by atoms with Gasteiger partial charge in [-0.05, 0) is 37.6 Å². The van der Waals surface area contributed by atoms with E-state index in [4.69, 9.17) is 11.6 Å². The van der Waals surface area contributed by atoms with E-state index in [1.165, 1.54) is 16.7 Å². The van der Waals surface area contributed by atoms with Gasteiger partial charge in [-0.15, -0.1) is 11.8 Å². The Kier molecular flexibility index (Phi) is 6.90. The smallest absolute Gasteiger partial charge is 0.326 e. The molecule has 2 N–H and O–H groups in total. The molecule has 1 aliphatic rings. The molecule has 0 saturated carbocycles. The van der Waals surface area contributed by atoms with Crippen molar-refractivity contribution in [3.8, 4) is 0 Å². The Morgan fingerprint density at radius 1 is 1.40 bits per heavy atom. The molecule has 1 saturated heterocycles. The lowest BCUT2D eigenvalue weighted by molar-refractivity contribution is -0.142. The van der Waals surface area contributed by atoms with Gasteiger partial charge in [-0.25, -0.2) is 4.79 Å². The van der Waals surface area contributed by atoms with Crippen LogP contribution >= 0.6 is 23.4 Å². The van der Waals surface area contributed by atoms with Crippen molar-refractivity contribution in [3.05, 3.63) is 47.0 Å². The number of carboxylic acids is 1. The Bertz CT molecular complexity index is 678. The fraction of sp³-hybridized carbons (Fsp3) is 0.353. The number of halogens is 1. The summed E-state index contributed by atoms with van der Waals surface area (Å²) in [6, 6.07) is 4.74. The molecule has 2 atom stereocenters. The second kappa shape index (κ2) is 8.92. The van der Waals surface area contributed by atoms with Crippen molar-refractivity contribution in [1.29, 1.82) is 0 Å². The second-order valence-electron chi connectivity index (χ2n) is 5.50. The van der Waals surface area contributed by atoms with Crippen LogP contribution in [0.25, 0.3) is 0 Å². The number of allylic oxidation sites excluding steroid dienone is 1. The van der Waals surface area contributed by atoms with Gasteiger partial charge in [-0.1, -0.05) is 23.8 Å². The summed E-state index contributed by atoms with van der Waals surface area (Å²) in [5.41, 5.74) is 0.438. The van der Waals surface area contributed by atoms with E-state index in [9.17, 15) is 19.5 Å². The average molecular weight is 383 g/mol. The summed E-state index contributed by atoms with van der Waals surface area (Å²) in [5.74, 6) is -1.02. The molecule has 0 spiro atoms. The van der Waals surface area contributed by atoms with Gasteiger partial charge < -0.3 is 15.3 Å². The quantitative estimate of drug-likeness (QED) is 0.738. The zero-order chi connectivity index (χ0) is 18.4. The molecule has 1 aromatic rings. The highest BCUT2D eigenvalue weighted by atomic mass is 35.5.